The Hall–Kier alpha value is -2.78. The number of halogens is 1. The number of hydrogen-bond acceptors (Lipinski definition) is 2. The van der Waals surface area contributed by atoms with Gasteiger partial charge in [0, 0.05) is 22.0 Å². The van der Waals surface area contributed by atoms with Gasteiger partial charge in [-0.1, -0.05) is 66.2 Å². The Morgan fingerprint density at radius 1 is 0.875 bits per heavy atom. The van der Waals surface area contributed by atoms with Crippen molar-refractivity contribution >= 4 is 28.9 Å². The molecule has 0 aliphatic carbocycles. The van der Waals surface area contributed by atoms with E-state index in [0.29, 0.717) is 5.02 Å². The molecule has 0 atom stereocenters. The molecule has 0 unspecified atom stereocenters. The number of carbonyl (C=O) groups excluding carboxylic acids is 1. The highest BCUT2D eigenvalue weighted by molar-refractivity contribution is 6.30. The smallest absolute Gasteiger partial charge is 0.243 e. The summed E-state index contributed by atoms with van der Waals surface area (Å²) in [4.78, 5) is 12.2. The van der Waals surface area contributed by atoms with Crippen LogP contribution in [-0.4, -0.2) is 12.5 Å². The molecule has 0 aliphatic heterocycles. The van der Waals surface area contributed by atoms with Gasteiger partial charge in [0.15, 0.2) is 0 Å². The number of benzene rings is 3. The van der Waals surface area contributed by atoms with Crippen LogP contribution < -0.4 is 10.6 Å². The highest BCUT2D eigenvalue weighted by Gasteiger charge is 2.08. The lowest BCUT2D eigenvalue weighted by atomic mass is 10.0. The molecule has 0 heterocycles. The summed E-state index contributed by atoms with van der Waals surface area (Å²) in [5.74, 6) is -0.113. The van der Waals surface area contributed by atoms with Crippen LogP contribution in [0.15, 0.2) is 78.9 Å². The van der Waals surface area contributed by atoms with Gasteiger partial charge >= 0.3 is 0 Å². The van der Waals surface area contributed by atoms with Crippen molar-refractivity contribution in [1.82, 2.24) is 0 Å². The molecule has 2 N–H and O–H groups in total. The minimum atomic E-state index is -0.113. The molecule has 0 fully saturated rings. The summed E-state index contributed by atoms with van der Waals surface area (Å²) in [6.45, 7) is 0.170. The van der Waals surface area contributed by atoms with E-state index in [9.17, 15) is 4.79 Å². The van der Waals surface area contributed by atoms with Gasteiger partial charge in [0.1, 0.15) is 0 Å². The van der Waals surface area contributed by atoms with Crippen LogP contribution in [0.1, 0.15) is 0 Å². The summed E-state index contributed by atoms with van der Waals surface area (Å²) in [6.07, 6.45) is 0. The average Bonchev–Trinajstić information content (AvgIpc) is 2.61. The molecule has 3 nitrogen and oxygen atoms in total. The van der Waals surface area contributed by atoms with E-state index < -0.39 is 0 Å². The van der Waals surface area contributed by atoms with Crippen LogP contribution >= 0.6 is 11.6 Å². The Bertz CT molecular complexity index is 834. The summed E-state index contributed by atoms with van der Waals surface area (Å²) in [5, 5.41) is 6.66. The van der Waals surface area contributed by atoms with Crippen molar-refractivity contribution in [1.29, 1.82) is 0 Å². The Balaban J connectivity index is 1.69. The van der Waals surface area contributed by atoms with E-state index in [0.717, 1.165) is 22.5 Å². The number of amides is 1. The Labute approximate surface area is 146 Å². The maximum Gasteiger partial charge on any atom is 0.243 e. The van der Waals surface area contributed by atoms with E-state index >= 15 is 0 Å². The van der Waals surface area contributed by atoms with Crippen LogP contribution in [0.5, 0.6) is 0 Å². The second-order valence-electron chi connectivity index (χ2n) is 5.32. The van der Waals surface area contributed by atoms with Gasteiger partial charge < -0.3 is 10.6 Å². The first-order valence-corrected chi connectivity index (χ1v) is 8.04. The lowest BCUT2D eigenvalue weighted by Gasteiger charge is -2.12. The summed E-state index contributed by atoms with van der Waals surface area (Å²) in [6, 6.07) is 25.0. The van der Waals surface area contributed by atoms with Crippen LogP contribution in [0.3, 0.4) is 0 Å². The molecule has 3 rings (SSSR count). The molecule has 24 heavy (non-hydrogen) atoms. The van der Waals surface area contributed by atoms with Crippen LogP contribution in [0, 0.1) is 0 Å². The number of carbonyl (C=O) groups is 1. The number of para-hydroxylation sites is 1. The highest BCUT2D eigenvalue weighted by Crippen LogP contribution is 2.27. The van der Waals surface area contributed by atoms with Crippen molar-refractivity contribution < 1.29 is 4.79 Å². The fourth-order valence-electron chi connectivity index (χ4n) is 2.44. The van der Waals surface area contributed by atoms with Crippen molar-refractivity contribution in [3.63, 3.8) is 0 Å². The average molecular weight is 337 g/mol. The van der Waals surface area contributed by atoms with Crippen LogP contribution in [-0.2, 0) is 4.79 Å². The van der Waals surface area contributed by atoms with E-state index in [2.05, 4.69) is 10.6 Å². The fraction of sp³-hybridized carbons (Fsp3) is 0.0500. The summed E-state index contributed by atoms with van der Waals surface area (Å²) < 4.78 is 0. The van der Waals surface area contributed by atoms with Crippen molar-refractivity contribution in [3.8, 4) is 11.1 Å². The molecule has 0 spiro atoms. The van der Waals surface area contributed by atoms with E-state index in [1.807, 2.05) is 66.7 Å². The van der Waals surface area contributed by atoms with Gasteiger partial charge in [0.25, 0.3) is 0 Å². The zero-order valence-corrected chi connectivity index (χ0v) is 13.8. The monoisotopic (exact) mass is 336 g/mol. The summed E-state index contributed by atoms with van der Waals surface area (Å²) in [7, 11) is 0. The first-order chi connectivity index (χ1) is 11.7. The van der Waals surface area contributed by atoms with Gasteiger partial charge in [-0.15, -0.1) is 0 Å². The van der Waals surface area contributed by atoms with Crippen molar-refractivity contribution in [2.75, 3.05) is 17.2 Å². The van der Waals surface area contributed by atoms with Crippen molar-refractivity contribution in [2.24, 2.45) is 0 Å². The molecule has 120 valence electrons. The fourth-order valence-corrected chi connectivity index (χ4v) is 2.63. The zero-order chi connectivity index (χ0) is 16.8. The third-order valence-corrected chi connectivity index (χ3v) is 3.80. The number of rotatable bonds is 5. The number of hydrogen-bond donors (Lipinski definition) is 2. The van der Waals surface area contributed by atoms with Crippen LogP contribution in [0.2, 0.25) is 5.02 Å². The largest absolute Gasteiger partial charge is 0.376 e. The molecule has 3 aromatic rings. The topological polar surface area (TPSA) is 41.1 Å². The predicted molar refractivity (Wildman–Crippen MR) is 100 cm³/mol. The molecular weight excluding hydrogens is 320 g/mol. The SMILES string of the molecule is O=C(CNc1cccc(Cl)c1)Nc1ccccc1-c1ccccc1. The molecule has 4 heteroatoms. The molecule has 0 aromatic heterocycles. The summed E-state index contributed by atoms with van der Waals surface area (Å²) in [5.41, 5.74) is 3.67. The third-order valence-electron chi connectivity index (χ3n) is 3.56. The van der Waals surface area contributed by atoms with Gasteiger partial charge in [0.2, 0.25) is 5.91 Å². The second kappa shape index (κ2) is 7.66. The molecule has 0 radical (unpaired) electrons. The van der Waals surface area contributed by atoms with E-state index in [1.54, 1.807) is 12.1 Å². The normalized spacial score (nSPS) is 10.2. The number of anilines is 2. The van der Waals surface area contributed by atoms with Crippen molar-refractivity contribution in [2.45, 2.75) is 0 Å². The van der Waals surface area contributed by atoms with Gasteiger partial charge in [-0.2, -0.15) is 0 Å². The van der Waals surface area contributed by atoms with E-state index in [1.165, 1.54) is 0 Å². The standard InChI is InChI=1S/C20H17ClN2O/c21-16-9-6-10-17(13-16)22-14-20(24)23-19-12-5-4-11-18(19)15-7-2-1-3-8-15/h1-13,22H,14H2,(H,23,24). The van der Waals surface area contributed by atoms with E-state index in [4.69, 9.17) is 11.6 Å². The number of nitrogens with one attached hydrogen (secondary N) is 2. The van der Waals surface area contributed by atoms with Crippen molar-refractivity contribution in [3.05, 3.63) is 83.9 Å². The molecule has 0 aliphatic rings. The molecule has 1 amide bonds. The van der Waals surface area contributed by atoms with Gasteiger partial charge in [-0.25, -0.2) is 0 Å². The van der Waals surface area contributed by atoms with E-state index in [-0.39, 0.29) is 12.5 Å². The minimum absolute atomic E-state index is 0.113. The third kappa shape index (κ3) is 4.15. The van der Waals surface area contributed by atoms with Gasteiger partial charge in [0.05, 0.1) is 6.54 Å². The summed E-state index contributed by atoms with van der Waals surface area (Å²) >= 11 is 5.94. The second-order valence-corrected chi connectivity index (χ2v) is 5.76. The maximum absolute atomic E-state index is 12.2. The molecule has 3 aromatic carbocycles. The van der Waals surface area contributed by atoms with Crippen LogP contribution in [0.25, 0.3) is 11.1 Å². The highest BCUT2D eigenvalue weighted by atomic mass is 35.5. The zero-order valence-electron chi connectivity index (χ0n) is 13.0. The molecule has 0 saturated carbocycles. The molecule has 0 bridgehead atoms. The Morgan fingerprint density at radius 3 is 2.42 bits per heavy atom. The lowest BCUT2D eigenvalue weighted by molar-refractivity contribution is -0.114. The maximum atomic E-state index is 12.2. The van der Waals surface area contributed by atoms with Crippen LogP contribution in [0.4, 0.5) is 11.4 Å². The molecule has 0 saturated heterocycles. The first-order valence-electron chi connectivity index (χ1n) is 7.66. The lowest BCUT2D eigenvalue weighted by Crippen LogP contribution is -2.22. The quantitative estimate of drug-likeness (QED) is 0.684. The van der Waals surface area contributed by atoms with Gasteiger partial charge in [-0.3, -0.25) is 4.79 Å². The Morgan fingerprint density at radius 2 is 1.62 bits per heavy atom. The minimum Gasteiger partial charge on any atom is -0.376 e. The predicted octanol–water partition coefficient (Wildman–Crippen LogP) is 5.06. The first kappa shape index (κ1) is 16.1. The Kier molecular flexibility index (Phi) is 5.14. The van der Waals surface area contributed by atoms with Gasteiger partial charge in [-0.05, 0) is 29.8 Å². The molecular formula is C20H17ClN2O.